The Morgan fingerprint density at radius 2 is 1.14 bits per heavy atom. The summed E-state index contributed by atoms with van der Waals surface area (Å²) in [5.41, 5.74) is 0. The minimum atomic E-state index is -1.26. The molecule has 0 amide bonds. The van der Waals surface area contributed by atoms with Gasteiger partial charge in [0.2, 0.25) is 0 Å². The van der Waals surface area contributed by atoms with Crippen LogP contribution >= 0.6 is 0 Å². The topological polar surface area (TPSA) is 17.1 Å². The molecule has 0 aliphatic carbocycles. The number of unbranched alkanes of at least 4 members (excludes halogenated alkanes) is 9. The molecule has 0 fully saturated rings. The molecule has 0 atom stereocenters. The van der Waals surface area contributed by atoms with E-state index < -0.39 is 21.1 Å². The first-order valence-electron chi connectivity index (χ1n) is 6.35. The molecule has 0 spiro atoms. The van der Waals surface area contributed by atoms with E-state index in [1.54, 1.807) is 0 Å². The maximum absolute atomic E-state index is 10.4. The van der Waals surface area contributed by atoms with E-state index in [2.05, 4.69) is 6.92 Å². The van der Waals surface area contributed by atoms with Gasteiger partial charge >= 0.3 is 99.8 Å². The molecule has 0 aromatic carbocycles. The Kier molecular flexibility index (Phi) is 14.2. The van der Waals surface area contributed by atoms with Crippen molar-refractivity contribution in [2.24, 2.45) is 0 Å². The van der Waals surface area contributed by atoms with Crippen LogP contribution in [0.4, 0.5) is 0 Å². The van der Waals surface area contributed by atoms with Crippen LogP contribution in [0.5, 0.6) is 0 Å². The molecule has 0 radical (unpaired) electrons. The molecular weight excluding hydrogens is 279 g/mol. The van der Waals surface area contributed by atoms with Gasteiger partial charge in [0.05, 0.1) is 0 Å². The molecule has 2 heteroatoms. The summed E-state index contributed by atoms with van der Waals surface area (Å²) in [5, 5.41) is 0. The van der Waals surface area contributed by atoms with Crippen LogP contribution in [0.2, 0.25) is 4.44 Å². The van der Waals surface area contributed by atoms with Crippen molar-refractivity contribution in [2.45, 2.75) is 75.6 Å². The summed E-state index contributed by atoms with van der Waals surface area (Å²) >= 11 is -1.26. The average molecular weight is 305 g/mol. The molecule has 0 saturated heterocycles. The summed E-state index contributed by atoms with van der Waals surface area (Å²) in [6.07, 6.45) is 13.8. The Morgan fingerprint density at radius 3 is 1.57 bits per heavy atom. The molecule has 0 rings (SSSR count). The van der Waals surface area contributed by atoms with Gasteiger partial charge in [0.15, 0.2) is 0 Å². The molecule has 0 heterocycles. The summed E-state index contributed by atoms with van der Waals surface area (Å²) in [6.45, 7) is 2.26. The van der Waals surface area contributed by atoms with Crippen LogP contribution in [0.1, 0.15) is 71.1 Å². The fraction of sp³-hybridized carbons (Fsp3) is 1.00. The van der Waals surface area contributed by atoms with E-state index in [-0.39, 0.29) is 0 Å². The molecule has 0 aliphatic heterocycles. The summed E-state index contributed by atoms with van der Waals surface area (Å²) in [6, 6.07) is 0. The first-order valence-corrected chi connectivity index (χ1v) is 10.0. The van der Waals surface area contributed by atoms with E-state index in [1.165, 1.54) is 64.2 Å². The molecule has 14 heavy (non-hydrogen) atoms. The van der Waals surface area contributed by atoms with Crippen molar-refractivity contribution in [3.63, 3.8) is 0 Å². The second kappa shape index (κ2) is 13.6. The van der Waals surface area contributed by atoms with Crippen LogP contribution in [0.25, 0.3) is 0 Å². The Bertz CT molecular complexity index is 115. The van der Waals surface area contributed by atoms with E-state index in [4.69, 9.17) is 0 Å². The van der Waals surface area contributed by atoms with Gasteiger partial charge in [0.25, 0.3) is 0 Å². The van der Waals surface area contributed by atoms with Crippen LogP contribution in [0.15, 0.2) is 0 Å². The first-order chi connectivity index (χ1) is 6.91. The van der Waals surface area contributed by atoms with E-state index in [0.717, 1.165) is 4.44 Å². The van der Waals surface area contributed by atoms with Gasteiger partial charge in [-0.1, -0.05) is 0 Å². The second-order valence-corrected chi connectivity index (χ2v) is 6.74. The fourth-order valence-electron chi connectivity index (χ4n) is 1.72. The molecule has 0 saturated carbocycles. The Hall–Kier alpha value is 0.599. The van der Waals surface area contributed by atoms with Crippen molar-refractivity contribution in [3.8, 4) is 0 Å². The van der Waals surface area contributed by atoms with Crippen molar-refractivity contribution in [2.75, 3.05) is 0 Å². The zero-order valence-electron chi connectivity index (χ0n) is 9.76. The van der Waals surface area contributed by atoms with Crippen molar-refractivity contribution >= 4 is 21.1 Å². The molecular formula is C12H26OSn. The van der Waals surface area contributed by atoms with Gasteiger partial charge in [-0.15, -0.1) is 0 Å². The number of hydrogen-bond acceptors (Lipinski definition) is 1. The number of hydrogen-bond donors (Lipinski definition) is 0. The molecule has 0 aromatic rings. The molecule has 0 aromatic heterocycles. The molecule has 0 aliphatic rings. The second-order valence-electron chi connectivity index (χ2n) is 4.14. The number of rotatable bonds is 11. The third-order valence-electron chi connectivity index (χ3n) is 2.68. The predicted octanol–water partition coefficient (Wildman–Crippen LogP) is 4.11. The third kappa shape index (κ3) is 12.6. The SMILES string of the molecule is CCCCCCCCCCC[CH2][SnH]=[O]. The fourth-order valence-corrected chi connectivity index (χ4v) is 3.01. The molecule has 84 valence electrons. The quantitative estimate of drug-likeness (QED) is 0.415. The average Bonchev–Trinajstić information content (AvgIpc) is 2.21. The standard InChI is InChI=1S/C12H25.O.Sn.H/c1-3-5-7-9-11-12-10-8-6-4-2;;;/h1,3-12H2,2H3;;;. The molecule has 0 bridgehead atoms. The van der Waals surface area contributed by atoms with Crippen LogP contribution < -0.4 is 0 Å². The summed E-state index contributed by atoms with van der Waals surface area (Å²) in [4.78, 5) is 0. The molecule has 1 nitrogen and oxygen atoms in total. The van der Waals surface area contributed by atoms with E-state index >= 15 is 0 Å². The van der Waals surface area contributed by atoms with Crippen LogP contribution in [0.3, 0.4) is 0 Å². The van der Waals surface area contributed by atoms with Gasteiger partial charge in [-0.2, -0.15) is 0 Å². The van der Waals surface area contributed by atoms with Gasteiger partial charge in [-0.25, -0.2) is 0 Å². The zero-order valence-corrected chi connectivity index (χ0v) is 13.1. The van der Waals surface area contributed by atoms with Gasteiger partial charge in [-0.05, 0) is 0 Å². The zero-order chi connectivity index (χ0) is 10.5. The van der Waals surface area contributed by atoms with Gasteiger partial charge < -0.3 is 0 Å². The van der Waals surface area contributed by atoms with E-state index in [9.17, 15) is 3.08 Å². The third-order valence-corrected chi connectivity index (χ3v) is 4.51. The van der Waals surface area contributed by atoms with Gasteiger partial charge in [0.1, 0.15) is 0 Å². The normalized spacial score (nSPS) is 10.4. The Morgan fingerprint density at radius 1 is 0.714 bits per heavy atom. The Labute approximate surface area is 99.6 Å². The van der Waals surface area contributed by atoms with Crippen LogP contribution in [-0.4, -0.2) is 21.1 Å². The maximum atomic E-state index is 10.4. The predicted molar refractivity (Wildman–Crippen MR) is 64.5 cm³/mol. The van der Waals surface area contributed by atoms with Crippen LogP contribution in [-0.2, 0) is 3.08 Å². The van der Waals surface area contributed by atoms with Crippen molar-refractivity contribution < 1.29 is 3.08 Å². The Balaban J connectivity index is 2.81. The van der Waals surface area contributed by atoms with E-state index in [0.29, 0.717) is 0 Å². The van der Waals surface area contributed by atoms with Crippen molar-refractivity contribution in [1.29, 1.82) is 0 Å². The van der Waals surface area contributed by atoms with Crippen molar-refractivity contribution in [3.05, 3.63) is 0 Å². The van der Waals surface area contributed by atoms with Gasteiger partial charge in [0, 0.05) is 0 Å². The van der Waals surface area contributed by atoms with Gasteiger partial charge in [-0.3, -0.25) is 0 Å². The summed E-state index contributed by atoms with van der Waals surface area (Å²) in [7, 11) is 0. The summed E-state index contributed by atoms with van der Waals surface area (Å²) in [5.74, 6) is 0. The monoisotopic (exact) mass is 306 g/mol. The van der Waals surface area contributed by atoms with E-state index in [1.807, 2.05) is 0 Å². The van der Waals surface area contributed by atoms with Crippen LogP contribution in [0, 0.1) is 0 Å². The molecule has 0 N–H and O–H groups in total. The minimum absolute atomic E-state index is 1.08. The first kappa shape index (κ1) is 14.6. The molecule has 0 unspecified atom stereocenters. The summed E-state index contributed by atoms with van der Waals surface area (Å²) < 4.78 is 11.4. The van der Waals surface area contributed by atoms with Crippen molar-refractivity contribution in [1.82, 2.24) is 0 Å².